The Bertz CT molecular complexity index is 459. The maximum absolute atomic E-state index is 11.9. The number of urea groups is 1. The van der Waals surface area contributed by atoms with Gasteiger partial charge in [0.1, 0.15) is 11.5 Å². The van der Waals surface area contributed by atoms with Crippen molar-refractivity contribution in [3.05, 3.63) is 23.7 Å². The Morgan fingerprint density at radius 3 is 2.63 bits per heavy atom. The van der Waals surface area contributed by atoms with Gasteiger partial charge in [-0.05, 0) is 45.2 Å². The molecule has 1 aromatic heterocycles. The molecular weight excluding hydrogens is 240 g/mol. The van der Waals surface area contributed by atoms with Gasteiger partial charge in [-0.1, -0.05) is 6.92 Å². The molecule has 1 fully saturated rings. The molecule has 2 atom stereocenters. The third kappa shape index (κ3) is 3.75. The van der Waals surface area contributed by atoms with E-state index in [9.17, 15) is 4.79 Å². The minimum atomic E-state index is -0.219. The fraction of sp³-hybridized carbons (Fsp3) is 0.667. The van der Waals surface area contributed by atoms with Crippen LogP contribution in [0.15, 0.2) is 16.5 Å². The Morgan fingerprint density at radius 2 is 2.11 bits per heavy atom. The summed E-state index contributed by atoms with van der Waals surface area (Å²) < 4.78 is 5.81. The highest BCUT2D eigenvalue weighted by Gasteiger charge is 2.36. The van der Waals surface area contributed by atoms with Gasteiger partial charge in [0.25, 0.3) is 0 Å². The zero-order chi connectivity index (χ0) is 14.2. The van der Waals surface area contributed by atoms with Crippen LogP contribution in [-0.4, -0.2) is 23.5 Å². The number of nitrogens with one attached hydrogen (secondary N) is 1. The number of nitrogens with zero attached hydrogens (tertiary/aromatic N) is 1. The summed E-state index contributed by atoms with van der Waals surface area (Å²) in [6, 6.07) is 3.94. The van der Waals surface area contributed by atoms with Gasteiger partial charge in [-0.25, -0.2) is 4.79 Å². The Morgan fingerprint density at radius 1 is 1.47 bits per heavy atom. The zero-order valence-electron chi connectivity index (χ0n) is 12.5. The summed E-state index contributed by atoms with van der Waals surface area (Å²) in [6.45, 7) is 8.65. The molecule has 1 N–H and O–H groups in total. The first kappa shape index (κ1) is 14.0. The highest BCUT2D eigenvalue weighted by molar-refractivity contribution is 5.74. The second-order valence-corrected chi connectivity index (χ2v) is 6.66. The maximum atomic E-state index is 11.9. The van der Waals surface area contributed by atoms with Gasteiger partial charge in [-0.2, -0.15) is 0 Å². The highest BCUT2D eigenvalue weighted by atomic mass is 16.3. The van der Waals surface area contributed by atoms with Gasteiger partial charge in [-0.3, -0.25) is 0 Å². The molecule has 1 saturated carbocycles. The maximum Gasteiger partial charge on any atom is 0.317 e. The van der Waals surface area contributed by atoms with Gasteiger partial charge in [0.05, 0.1) is 6.54 Å². The number of amides is 2. The molecule has 4 nitrogen and oxygen atoms in total. The summed E-state index contributed by atoms with van der Waals surface area (Å²) >= 11 is 0. The molecule has 0 radical (unpaired) electrons. The van der Waals surface area contributed by atoms with Gasteiger partial charge in [0.2, 0.25) is 0 Å². The Hall–Kier alpha value is -1.45. The molecule has 0 aromatic carbocycles. The van der Waals surface area contributed by atoms with Crippen LogP contribution in [0.2, 0.25) is 0 Å². The van der Waals surface area contributed by atoms with Gasteiger partial charge in [0, 0.05) is 18.5 Å². The second kappa shape index (κ2) is 4.91. The predicted octanol–water partition coefficient (Wildman–Crippen LogP) is 3.34. The van der Waals surface area contributed by atoms with Crippen LogP contribution < -0.4 is 5.32 Å². The summed E-state index contributed by atoms with van der Waals surface area (Å²) in [6.07, 6.45) is 1.22. The third-order valence-electron chi connectivity index (χ3n) is 3.38. The van der Waals surface area contributed by atoms with E-state index in [1.807, 2.05) is 32.9 Å². The average Bonchev–Trinajstić information content (AvgIpc) is 2.82. The second-order valence-electron chi connectivity index (χ2n) is 6.66. The van der Waals surface area contributed by atoms with Crippen LogP contribution in [-0.2, 0) is 6.54 Å². The molecule has 4 heteroatoms. The molecular formula is C15H24N2O2. The number of carbonyl (C=O) groups excluding carboxylic acids is 1. The summed E-state index contributed by atoms with van der Waals surface area (Å²) in [5.74, 6) is 3.23. The van der Waals surface area contributed by atoms with E-state index in [0.717, 1.165) is 17.4 Å². The summed E-state index contributed by atoms with van der Waals surface area (Å²) in [4.78, 5) is 13.6. The lowest BCUT2D eigenvalue weighted by molar-refractivity contribution is 0.193. The smallest absolute Gasteiger partial charge is 0.317 e. The number of furan rings is 1. The van der Waals surface area contributed by atoms with Gasteiger partial charge in [-0.15, -0.1) is 0 Å². The molecule has 2 rings (SSSR count). The van der Waals surface area contributed by atoms with Crippen LogP contribution in [0.25, 0.3) is 0 Å². The van der Waals surface area contributed by atoms with Crippen LogP contribution in [0, 0.1) is 5.92 Å². The minimum Gasteiger partial charge on any atom is -0.464 e. The Kier molecular flexibility index (Phi) is 3.61. The van der Waals surface area contributed by atoms with E-state index in [-0.39, 0.29) is 11.6 Å². The summed E-state index contributed by atoms with van der Waals surface area (Å²) in [7, 11) is 1.78. The topological polar surface area (TPSA) is 45.5 Å². The molecule has 1 heterocycles. The first-order valence-corrected chi connectivity index (χ1v) is 6.88. The summed E-state index contributed by atoms with van der Waals surface area (Å²) in [5, 5.41) is 2.93. The lowest BCUT2D eigenvalue weighted by Crippen LogP contribution is -2.46. The fourth-order valence-corrected chi connectivity index (χ4v) is 2.12. The normalized spacial score (nSPS) is 22.2. The first-order valence-electron chi connectivity index (χ1n) is 6.88. The van der Waals surface area contributed by atoms with Crippen molar-refractivity contribution in [3.63, 3.8) is 0 Å². The van der Waals surface area contributed by atoms with E-state index in [4.69, 9.17) is 4.42 Å². The number of hydrogen-bond acceptors (Lipinski definition) is 2. The van der Waals surface area contributed by atoms with E-state index < -0.39 is 0 Å². The molecule has 2 amide bonds. The molecule has 1 aliphatic rings. The van der Waals surface area contributed by atoms with E-state index in [1.165, 1.54) is 6.42 Å². The summed E-state index contributed by atoms with van der Waals surface area (Å²) in [5.41, 5.74) is -0.219. The highest BCUT2D eigenvalue weighted by Crippen LogP contribution is 2.47. The molecule has 0 saturated heterocycles. The molecule has 0 spiro atoms. The van der Waals surface area contributed by atoms with Crippen LogP contribution >= 0.6 is 0 Å². The van der Waals surface area contributed by atoms with Gasteiger partial charge < -0.3 is 14.6 Å². The molecule has 19 heavy (non-hydrogen) atoms. The predicted molar refractivity (Wildman–Crippen MR) is 75.0 cm³/mol. The van der Waals surface area contributed by atoms with Crippen molar-refractivity contribution in [1.82, 2.24) is 10.2 Å². The van der Waals surface area contributed by atoms with E-state index >= 15 is 0 Å². The van der Waals surface area contributed by atoms with Crippen molar-refractivity contribution in [2.45, 2.75) is 52.1 Å². The Balaban J connectivity index is 1.89. The van der Waals surface area contributed by atoms with Crippen molar-refractivity contribution in [2.24, 2.45) is 5.92 Å². The van der Waals surface area contributed by atoms with E-state index in [2.05, 4.69) is 12.2 Å². The lowest BCUT2D eigenvalue weighted by Gasteiger charge is -2.25. The largest absolute Gasteiger partial charge is 0.464 e. The molecule has 0 bridgehead atoms. The number of carbonyl (C=O) groups is 1. The minimum absolute atomic E-state index is 0.0785. The van der Waals surface area contributed by atoms with Crippen LogP contribution in [0.1, 0.15) is 51.6 Å². The zero-order valence-corrected chi connectivity index (χ0v) is 12.5. The van der Waals surface area contributed by atoms with Crippen LogP contribution in [0.3, 0.4) is 0 Å². The molecule has 106 valence electrons. The molecule has 0 unspecified atom stereocenters. The monoisotopic (exact) mass is 264 g/mol. The van der Waals surface area contributed by atoms with E-state index in [0.29, 0.717) is 12.5 Å². The third-order valence-corrected chi connectivity index (χ3v) is 3.38. The Labute approximate surface area is 115 Å². The van der Waals surface area contributed by atoms with E-state index in [1.54, 1.807) is 11.9 Å². The SMILES string of the molecule is C[C@H]1C[C@H]1c1ccc(CN(C)C(=O)NC(C)(C)C)o1. The molecule has 0 aliphatic heterocycles. The fourth-order valence-electron chi connectivity index (χ4n) is 2.12. The van der Waals surface area contributed by atoms with Crippen LogP contribution in [0.4, 0.5) is 4.79 Å². The lowest BCUT2D eigenvalue weighted by atomic mass is 10.1. The standard InChI is InChI=1S/C15H24N2O2/c1-10-8-12(10)13-7-6-11(19-13)9-17(5)14(18)16-15(2,3)4/h6-7,10,12H,8-9H2,1-5H3,(H,16,18)/t10-,12+/m0/s1. The van der Waals surface area contributed by atoms with Gasteiger partial charge >= 0.3 is 6.03 Å². The first-order chi connectivity index (χ1) is 8.76. The van der Waals surface area contributed by atoms with Gasteiger partial charge in [0.15, 0.2) is 0 Å². The quantitative estimate of drug-likeness (QED) is 0.910. The van der Waals surface area contributed by atoms with Crippen molar-refractivity contribution in [2.75, 3.05) is 7.05 Å². The molecule has 1 aromatic rings. The van der Waals surface area contributed by atoms with Crippen molar-refractivity contribution in [1.29, 1.82) is 0 Å². The van der Waals surface area contributed by atoms with Crippen LogP contribution in [0.5, 0.6) is 0 Å². The van der Waals surface area contributed by atoms with Crippen molar-refractivity contribution >= 4 is 6.03 Å². The average molecular weight is 264 g/mol. The van der Waals surface area contributed by atoms with Crippen molar-refractivity contribution in [3.8, 4) is 0 Å². The van der Waals surface area contributed by atoms with Crippen molar-refractivity contribution < 1.29 is 9.21 Å². The number of hydrogen-bond donors (Lipinski definition) is 1. The molecule has 1 aliphatic carbocycles. The number of rotatable bonds is 3.